The van der Waals surface area contributed by atoms with E-state index in [-0.39, 0.29) is 5.75 Å². The van der Waals surface area contributed by atoms with Gasteiger partial charge in [0.2, 0.25) is 10.0 Å². The van der Waals surface area contributed by atoms with Gasteiger partial charge in [0.1, 0.15) is 0 Å². The second kappa shape index (κ2) is 6.81. The van der Waals surface area contributed by atoms with Gasteiger partial charge in [-0.25, -0.2) is 8.42 Å². The number of thiophene rings is 1. The van der Waals surface area contributed by atoms with Crippen LogP contribution in [0.2, 0.25) is 0 Å². The van der Waals surface area contributed by atoms with E-state index in [0.717, 1.165) is 16.7 Å². The molecule has 4 nitrogen and oxygen atoms in total. The van der Waals surface area contributed by atoms with Crippen molar-refractivity contribution in [3.8, 4) is 0 Å². The third-order valence-electron chi connectivity index (χ3n) is 2.91. The fourth-order valence-electron chi connectivity index (χ4n) is 1.70. The Balaban J connectivity index is 1.96. The monoisotopic (exact) mass is 388 g/mol. The van der Waals surface area contributed by atoms with Gasteiger partial charge in [0.25, 0.3) is 0 Å². The fourth-order valence-corrected chi connectivity index (χ4v) is 3.88. The number of sulfonamides is 1. The number of halogens is 1. The van der Waals surface area contributed by atoms with Gasteiger partial charge in [-0.3, -0.25) is 4.72 Å². The first-order chi connectivity index (χ1) is 9.89. The van der Waals surface area contributed by atoms with E-state index in [1.807, 2.05) is 12.1 Å². The molecule has 1 aromatic heterocycles. The molecule has 2 aromatic rings. The molecule has 7 heteroatoms. The van der Waals surface area contributed by atoms with E-state index in [9.17, 15) is 8.42 Å². The van der Waals surface area contributed by atoms with E-state index in [1.54, 1.807) is 30.4 Å². The minimum absolute atomic E-state index is 0.0691. The average molecular weight is 389 g/mol. The summed E-state index contributed by atoms with van der Waals surface area (Å²) in [5, 5.41) is 3.32. The van der Waals surface area contributed by atoms with Crippen LogP contribution in [0.1, 0.15) is 16.7 Å². The topological polar surface area (TPSA) is 58.2 Å². The Bertz CT molecular complexity index is 690. The first kappa shape index (κ1) is 16.3. The highest BCUT2D eigenvalue weighted by atomic mass is 79.9. The molecule has 0 fully saturated rings. The van der Waals surface area contributed by atoms with Crippen molar-refractivity contribution in [3.05, 3.63) is 44.6 Å². The lowest BCUT2D eigenvalue weighted by molar-refractivity contribution is 0.602. The van der Waals surface area contributed by atoms with Gasteiger partial charge in [-0.15, -0.1) is 11.3 Å². The first-order valence-corrected chi connectivity index (χ1v) is 9.75. The molecule has 0 bridgehead atoms. The van der Waals surface area contributed by atoms with Crippen molar-refractivity contribution < 1.29 is 8.42 Å². The lowest BCUT2D eigenvalue weighted by Crippen LogP contribution is -2.14. The largest absolute Gasteiger partial charge is 0.380 e. The van der Waals surface area contributed by atoms with Crippen molar-refractivity contribution in [2.45, 2.75) is 20.4 Å². The van der Waals surface area contributed by atoms with Gasteiger partial charge in [-0.05, 0) is 60.1 Å². The molecule has 1 aromatic carbocycles. The van der Waals surface area contributed by atoms with E-state index in [4.69, 9.17) is 0 Å². The summed E-state index contributed by atoms with van der Waals surface area (Å²) in [4.78, 5) is 2.51. The molecule has 0 aliphatic carbocycles. The van der Waals surface area contributed by atoms with E-state index < -0.39 is 10.0 Å². The standard InChI is InChI=1S/C14H17BrN2O2S2/c1-3-21(18,19)17-12-6-4-11(5-7-12)16-9-13-8-14(15)10(2)20-13/h4-8,16-17H,3,9H2,1-2H3. The third kappa shape index (κ3) is 4.72. The van der Waals surface area contributed by atoms with Gasteiger partial charge < -0.3 is 5.32 Å². The van der Waals surface area contributed by atoms with Crippen molar-refractivity contribution >= 4 is 48.7 Å². The van der Waals surface area contributed by atoms with Crippen molar-refractivity contribution in [2.75, 3.05) is 15.8 Å². The summed E-state index contributed by atoms with van der Waals surface area (Å²) in [6, 6.07) is 9.35. The molecule has 21 heavy (non-hydrogen) atoms. The second-order valence-corrected chi connectivity index (χ2v) is 8.76. The number of hydrogen-bond donors (Lipinski definition) is 2. The average Bonchev–Trinajstić information content (AvgIpc) is 2.77. The van der Waals surface area contributed by atoms with Crippen molar-refractivity contribution in [3.63, 3.8) is 0 Å². The molecule has 1 heterocycles. The van der Waals surface area contributed by atoms with Gasteiger partial charge in [-0.1, -0.05) is 0 Å². The minimum Gasteiger partial charge on any atom is -0.380 e. The molecule has 0 saturated heterocycles. The zero-order valence-electron chi connectivity index (χ0n) is 11.8. The second-order valence-electron chi connectivity index (χ2n) is 4.55. The van der Waals surface area contributed by atoms with Gasteiger partial charge in [0.05, 0.1) is 5.75 Å². The molecule has 0 spiro atoms. The molecule has 0 aliphatic rings. The third-order valence-corrected chi connectivity index (χ3v) is 6.36. The SMILES string of the molecule is CCS(=O)(=O)Nc1ccc(NCc2cc(Br)c(C)s2)cc1. The Morgan fingerprint density at radius 3 is 2.33 bits per heavy atom. The summed E-state index contributed by atoms with van der Waals surface area (Å²) >= 11 is 5.25. The number of rotatable bonds is 6. The summed E-state index contributed by atoms with van der Waals surface area (Å²) in [6.07, 6.45) is 0. The predicted octanol–water partition coefficient (Wildman–Crippen LogP) is 4.19. The number of nitrogens with one attached hydrogen (secondary N) is 2. The van der Waals surface area contributed by atoms with Crippen LogP contribution in [0.4, 0.5) is 11.4 Å². The Morgan fingerprint density at radius 1 is 1.19 bits per heavy atom. The molecule has 0 amide bonds. The maximum Gasteiger partial charge on any atom is 0.232 e. The van der Waals surface area contributed by atoms with Crippen LogP contribution >= 0.6 is 27.3 Å². The molecule has 0 saturated carbocycles. The molecule has 0 unspecified atom stereocenters. The number of hydrogen-bond acceptors (Lipinski definition) is 4. The van der Waals surface area contributed by atoms with Crippen LogP contribution in [0.5, 0.6) is 0 Å². The maximum atomic E-state index is 11.5. The molecule has 0 aliphatic heterocycles. The molecule has 2 rings (SSSR count). The van der Waals surface area contributed by atoms with Crippen LogP contribution < -0.4 is 10.0 Å². The summed E-state index contributed by atoms with van der Waals surface area (Å²) in [5.41, 5.74) is 1.54. The lowest BCUT2D eigenvalue weighted by atomic mass is 10.3. The van der Waals surface area contributed by atoms with Gasteiger partial charge in [0.15, 0.2) is 0 Å². The van der Waals surface area contributed by atoms with E-state index >= 15 is 0 Å². The van der Waals surface area contributed by atoms with Crippen LogP contribution in [-0.2, 0) is 16.6 Å². The van der Waals surface area contributed by atoms with Crippen LogP contribution in [-0.4, -0.2) is 14.2 Å². The minimum atomic E-state index is -3.22. The smallest absolute Gasteiger partial charge is 0.232 e. The summed E-state index contributed by atoms with van der Waals surface area (Å²) in [5.74, 6) is 0.0691. The van der Waals surface area contributed by atoms with Crippen molar-refractivity contribution in [1.29, 1.82) is 0 Å². The van der Waals surface area contributed by atoms with Crippen molar-refractivity contribution in [1.82, 2.24) is 0 Å². The first-order valence-electron chi connectivity index (χ1n) is 6.49. The van der Waals surface area contributed by atoms with Gasteiger partial charge in [-0.2, -0.15) is 0 Å². The summed E-state index contributed by atoms with van der Waals surface area (Å²) in [7, 11) is -3.22. The van der Waals surface area contributed by atoms with Crippen LogP contribution in [0, 0.1) is 6.92 Å². The molecule has 0 atom stereocenters. The quantitative estimate of drug-likeness (QED) is 0.779. The Labute approximate surface area is 137 Å². The normalized spacial score (nSPS) is 11.4. The summed E-state index contributed by atoms with van der Waals surface area (Å²) < 4.78 is 26.6. The zero-order valence-corrected chi connectivity index (χ0v) is 15.0. The fraction of sp³-hybridized carbons (Fsp3) is 0.286. The highest BCUT2D eigenvalue weighted by Crippen LogP contribution is 2.27. The summed E-state index contributed by atoms with van der Waals surface area (Å²) in [6.45, 7) is 4.43. The molecular formula is C14H17BrN2O2S2. The highest BCUT2D eigenvalue weighted by Gasteiger charge is 2.06. The Hall–Kier alpha value is -1.05. The zero-order chi connectivity index (χ0) is 15.5. The molecule has 114 valence electrons. The van der Waals surface area contributed by atoms with E-state index in [1.165, 1.54) is 9.75 Å². The highest BCUT2D eigenvalue weighted by molar-refractivity contribution is 9.10. The maximum absolute atomic E-state index is 11.5. The Kier molecular flexibility index (Phi) is 5.29. The van der Waals surface area contributed by atoms with Crippen LogP contribution in [0.25, 0.3) is 0 Å². The van der Waals surface area contributed by atoms with E-state index in [2.05, 4.69) is 39.0 Å². The number of benzene rings is 1. The number of anilines is 2. The van der Waals surface area contributed by atoms with Crippen LogP contribution in [0.15, 0.2) is 34.8 Å². The Morgan fingerprint density at radius 2 is 1.81 bits per heavy atom. The van der Waals surface area contributed by atoms with Gasteiger partial charge in [0, 0.05) is 32.1 Å². The van der Waals surface area contributed by atoms with E-state index in [0.29, 0.717) is 5.69 Å². The lowest BCUT2D eigenvalue weighted by Gasteiger charge is -2.08. The van der Waals surface area contributed by atoms with Crippen LogP contribution in [0.3, 0.4) is 0 Å². The van der Waals surface area contributed by atoms with Gasteiger partial charge >= 0.3 is 0 Å². The molecular weight excluding hydrogens is 372 g/mol. The van der Waals surface area contributed by atoms with Crippen molar-refractivity contribution in [2.24, 2.45) is 0 Å². The molecule has 0 radical (unpaired) electrons. The number of aryl methyl sites for hydroxylation is 1. The predicted molar refractivity (Wildman–Crippen MR) is 93.6 cm³/mol. The molecule has 2 N–H and O–H groups in total.